The van der Waals surface area contributed by atoms with E-state index in [0.29, 0.717) is 0 Å². The summed E-state index contributed by atoms with van der Waals surface area (Å²) in [5.41, 5.74) is 0. The summed E-state index contributed by atoms with van der Waals surface area (Å²) in [5, 5.41) is 3.69. The van der Waals surface area contributed by atoms with E-state index in [4.69, 9.17) is 0 Å². The van der Waals surface area contributed by atoms with E-state index in [2.05, 4.69) is 24.1 Å². The lowest BCUT2D eigenvalue weighted by atomic mass is 10.0. The highest BCUT2D eigenvalue weighted by molar-refractivity contribution is 4.90. The van der Waals surface area contributed by atoms with Crippen molar-refractivity contribution in [1.82, 2.24) is 10.2 Å². The van der Waals surface area contributed by atoms with Gasteiger partial charge in [0.1, 0.15) is 0 Å². The molecule has 2 nitrogen and oxygen atoms in total. The van der Waals surface area contributed by atoms with E-state index in [-0.39, 0.29) is 0 Å². The van der Waals surface area contributed by atoms with Crippen molar-refractivity contribution >= 4 is 0 Å². The third-order valence-corrected chi connectivity index (χ3v) is 4.46. The van der Waals surface area contributed by atoms with Crippen molar-refractivity contribution in [2.45, 2.75) is 70.9 Å². The number of hydrogen-bond donors (Lipinski definition) is 1. The van der Waals surface area contributed by atoms with E-state index in [0.717, 1.165) is 24.5 Å². The summed E-state index contributed by atoms with van der Waals surface area (Å²) in [6.45, 7) is 8.39. The van der Waals surface area contributed by atoms with Crippen LogP contribution >= 0.6 is 0 Å². The van der Waals surface area contributed by atoms with Crippen LogP contribution in [0.4, 0.5) is 0 Å². The predicted octanol–water partition coefficient (Wildman–Crippen LogP) is 3.03. The maximum absolute atomic E-state index is 3.69. The topological polar surface area (TPSA) is 15.3 Å². The minimum atomic E-state index is 0.808. The van der Waals surface area contributed by atoms with Gasteiger partial charge < -0.3 is 10.2 Å². The zero-order valence-electron chi connectivity index (χ0n) is 11.8. The lowest BCUT2D eigenvalue weighted by Gasteiger charge is -2.29. The maximum Gasteiger partial charge on any atom is 0.0107 e. The first kappa shape index (κ1) is 13.4. The number of rotatable bonds is 8. The summed E-state index contributed by atoms with van der Waals surface area (Å²) >= 11 is 0. The van der Waals surface area contributed by atoms with E-state index in [1.54, 1.807) is 0 Å². The number of nitrogens with one attached hydrogen (secondary N) is 1. The molecule has 0 aliphatic heterocycles. The second-order valence-electron chi connectivity index (χ2n) is 5.93. The lowest BCUT2D eigenvalue weighted by molar-refractivity contribution is 0.203. The van der Waals surface area contributed by atoms with Crippen LogP contribution in [0.25, 0.3) is 0 Å². The molecule has 1 N–H and O–H groups in total. The van der Waals surface area contributed by atoms with Crippen LogP contribution in [0.15, 0.2) is 0 Å². The number of nitrogens with zero attached hydrogens (tertiary/aromatic N) is 1. The molecule has 0 heterocycles. The van der Waals surface area contributed by atoms with E-state index < -0.39 is 0 Å². The fourth-order valence-corrected chi connectivity index (χ4v) is 3.31. The van der Waals surface area contributed by atoms with Gasteiger partial charge in [-0.1, -0.05) is 26.7 Å². The van der Waals surface area contributed by atoms with Crippen molar-refractivity contribution in [3.8, 4) is 0 Å². The smallest absolute Gasteiger partial charge is 0.0107 e. The maximum atomic E-state index is 3.69. The van der Waals surface area contributed by atoms with Gasteiger partial charge in [0.25, 0.3) is 0 Å². The van der Waals surface area contributed by atoms with Gasteiger partial charge in [-0.25, -0.2) is 0 Å². The molecule has 0 amide bonds. The van der Waals surface area contributed by atoms with E-state index in [1.807, 2.05) is 0 Å². The van der Waals surface area contributed by atoms with E-state index in [1.165, 1.54) is 58.0 Å². The zero-order valence-corrected chi connectivity index (χ0v) is 11.8. The SMILES string of the molecule is CCCCN(CC1CCCC1NCC)C1CC1. The molecule has 0 aromatic carbocycles. The second-order valence-corrected chi connectivity index (χ2v) is 5.93. The molecule has 2 aliphatic carbocycles. The summed E-state index contributed by atoms with van der Waals surface area (Å²) in [6.07, 6.45) is 9.94. The highest BCUT2D eigenvalue weighted by Crippen LogP contribution is 2.32. The molecule has 0 radical (unpaired) electrons. The van der Waals surface area contributed by atoms with Gasteiger partial charge >= 0.3 is 0 Å². The van der Waals surface area contributed by atoms with E-state index >= 15 is 0 Å². The van der Waals surface area contributed by atoms with Gasteiger partial charge in [0.05, 0.1) is 0 Å². The van der Waals surface area contributed by atoms with Crippen LogP contribution in [-0.2, 0) is 0 Å². The molecule has 2 rings (SSSR count). The molecule has 0 spiro atoms. The van der Waals surface area contributed by atoms with Crippen molar-refractivity contribution in [2.75, 3.05) is 19.6 Å². The van der Waals surface area contributed by atoms with E-state index in [9.17, 15) is 0 Å². The predicted molar refractivity (Wildman–Crippen MR) is 74.3 cm³/mol. The lowest BCUT2D eigenvalue weighted by Crippen LogP contribution is -2.40. The average molecular weight is 238 g/mol. The first-order valence-corrected chi connectivity index (χ1v) is 7.82. The third kappa shape index (κ3) is 3.96. The van der Waals surface area contributed by atoms with Crippen molar-refractivity contribution < 1.29 is 0 Å². The molecule has 100 valence electrons. The molecule has 0 aromatic rings. The summed E-state index contributed by atoms with van der Waals surface area (Å²) < 4.78 is 0. The van der Waals surface area contributed by atoms with Crippen LogP contribution in [0.2, 0.25) is 0 Å². The minimum Gasteiger partial charge on any atom is -0.314 e. The van der Waals surface area contributed by atoms with Crippen LogP contribution in [0.5, 0.6) is 0 Å². The Morgan fingerprint density at radius 2 is 1.94 bits per heavy atom. The molecule has 2 aliphatic rings. The molecule has 2 heteroatoms. The Labute approximate surface area is 107 Å². The van der Waals surface area contributed by atoms with Crippen molar-refractivity contribution in [3.05, 3.63) is 0 Å². The molecular weight excluding hydrogens is 208 g/mol. The Balaban J connectivity index is 1.79. The number of hydrogen-bond acceptors (Lipinski definition) is 2. The largest absolute Gasteiger partial charge is 0.314 e. The van der Waals surface area contributed by atoms with Gasteiger partial charge in [-0.15, -0.1) is 0 Å². The molecule has 2 atom stereocenters. The van der Waals surface area contributed by atoms with Crippen LogP contribution < -0.4 is 5.32 Å². The van der Waals surface area contributed by atoms with Gasteiger partial charge in [-0.2, -0.15) is 0 Å². The second kappa shape index (κ2) is 6.75. The van der Waals surface area contributed by atoms with Crippen molar-refractivity contribution in [3.63, 3.8) is 0 Å². The Bertz CT molecular complexity index is 213. The highest BCUT2D eigenvalue weighted by atomic mass is 15.2. The Kier molecular flexibility index (Phi) is 5.30. The normalized spacial score (nSPS) is 29.1. The van der Waals surface area contributed by atoms with Crippen LogP contribution in [0.3, 0.4) is 0 Å². The standard InChI is InChI=1S/C15H30N2/c1-3-5-11-17(14-9-10-14)12-13-7-6-8-15(13)16-4-2/h13-16H,3-12H2,1-2H3. The van der Waals surface area contributed by atoms with Crippen molar-refractivity contribution in [2.24, 2.45) is 5.92 Å². The summed E-state index contributed by atoms with van der Waals surface area (Å²) in [5.74, 6) is 0.924. The molecular formula is C15H30N2. The summed E-state index contributed by atoms with van der Waals surface area (Å²) in [4.78, 5) is 2.80. The third-order valence-electron chi connectivity index (χ3n) is 4.46. The van der Waals surface area contributed by atoms with Gasteiger partial charge in [0.15, 0.2) is 0 Å². The molecule has 0 aromatic heterocycles. The van der Waals surface area contributed by atoms with Gasteiger partial charge in [0.2, 0.25) is 0 Å². The molecule has 2 fully saturated rings. The van der Waals surface area contributed by atoms with Crippen molar-refractivity contribution in [1.29, 1.82) is 0 Å². The Morgan fingerprint density at radius 3 is 2.59 bits per heavy atom. The Morgan fingerprint density at radius 1 is 1.12 bits per heavy atom. The highest BCUT2D eigenvalue weighted by Gasteiger charge is 2.33. The van der Waals surface area contributed by atoms with Crippen LogP contribution in [0, 0.1) is 5.92 Å². The molecule has 0 bridgehead atoms. The molecule has 0 saturated heterocycles. The average Bonchev–Trinajstić information content (AvgIpc) is 3.08. The Hall–Kier alpha value is -0.0800. The van der Waals surface area contributed by atoms with Gasteiger partial charge in [0, 0.05) is 18.6 Å². The molecule has 2 saturated carbocycles. The summed E-state index contributed by atoms with van der Waals surface area (Å²) in [7, 11) is 0. The quantitative estimate of drug-likeness (QED) is 0.699. The summed E-state index contributed by atoms with van der Waals surface area (Å²) in [6, 6.07) is 1.76. The zero-order chi connectivity index (χ0) is 12.1. The fraction of sp³-hybridized carbons (Fsp3) is 1.00. The number of unbranched alkanes of at least 4 members (excludes halogenated alkanes) is 1. The minimum absolute atomic E-state index is 0.808. The van der Waals surface area contributed by atoms with Gasteiger partial charge in [-0.05, 0) is 51.1 Å². The molecule has 17 heavy (non-hydrogen) atoms. The first-order valence-electron chi connectivity index (χ1n) is 7.82. The van der Waals surface area contributed by atoms with Gasteiger partial charge in [-0.3, -0.25) is 0 Å². The molecule has 2 unspecified atom stereocenters. The monoisotopic (exact) mass is 238 g/mol. The van der Waals surface area contributed by atoms with Crippen LogP contribution in [0.1, 0.15) is 58.8 Å². The first-order chi connectivity index (χ1) is 8.35. The fourth-order valence-electron chi connectivity index (χ4n) is 3.31. The van der Waals surface area contributed by atoms with Crippen LogP contribution in [-0.4, -0.2) is 36.6 Å².